The molecule has 2 rings (SSSR count). The molecule has 0 amide bonds. The van der Waals surface area contributed by atoms with Crippen LogP contribution in [0.4, 0.5) is 0 Å². The molecule has 4 N–H and O–H groups in total. The summed E-state index contributed by atoms with van der Waals surface area (Å²) in [5.74, 6) is 3.96. The summed E-state index contributed by atoms with van der Waals surface area (Å²) >= 11 is 0. The zero-order valence-corrected chi connectivity index (χ0v) is 30.1. The maximum absolute atomic E-state index is 5.42. The summed E-state index contributed by atoms with van der Waals surface area (Å²) in [6.07, 6.45) is 4.49. The Kier molecular flexibility index (Phi) is 30.4. The highest BCUT2D eigenvalue weighted by Gasteiger charge is 2.14. The van der Waals surface area contributed by atoms with Crippen LogP contribution in [0.5, 0.6) is 34.5 Å². The largest absolute Gasteiger partial charge is 0.493 e. The monoisotopic (exact) mass is 706 g/mol. The molecule has 0 heterocycles. The van der Waals surface area contributed by atoms with E-state index in [2.05, 4.69) is 21.3 Å². The van der Waals surface area contributed by atoms with Crippen LogP contribution in [0.2, 0.25) is 0 Å². The molecular formula is C30H54Cl4N4O6. The van der Waals surface area contributed by atoms with Crippen molar-refractivity contribution in [2.24, 2.45) is 0 Å². The fourth-order valence-electron chi connectivity index (χ4n) is 4.37. The highest BCUT2D eigenvalue weighted by molar-refractivity contribution is 5.86. The fourth-order valence-corrected chi connectivity index (χ4v) is 4.37. The van der Waals surface area contributed by atoms with Crippen molar-refractivity contribution < 1.29 is 28.4 Å². The van der Waals surface area contributed by atoms with Crippen molar-refractivity contribution in [2.45, 2.75) is 38.8 Å². The van der Waals surface area contributed by atoms with Crippen molar-refractivity contribution in [2.75, 3.05) is 81.9 Å². The molecule has 0 unspecified atom stereocenters. The first-order chi connectivity index (χ1) is 19.6. The number of ether oxygens (including phenoxy) is 6. The average molecular weight is 709 g/mol. The van der Waals surface area contributed by atoms with Gasteiger partial charge in [0.25, 0.3) is 0 Å². The minimum absolute atomic E-state index is 0. The molecule has 0 saturated heterocycles. The molecule has 0 aliphatic heterocycles. The van der Waals surface area contributed by atoms with Crippen LogP contribution in [0.15, 0.2) is 24.3 Å². The summed E-state index contributed by atoms with van der Waals surface area (Å²) < 4.78 is 32.5. The fraction of sp³-hybridized carbons (Fsp3) is 0.600. The summed E-state index contributed by atoms with van der Waals surface area (Å²) in [5, 5.41) is 14.0. The van der Waals surface area contributed by atoms with E-state index in [1.54, 1.807) is 42.7 Å². The molecular weight excluding hydrogens is 654 g/mol. The summed E-state index contributed by atoms with van der Waals surface area (Å²) in [4.78, 5) is 0. The molecule has 14 heteroatoms. The van der Waals surface area contributed by atoms with Crippen LogP contribution < -0.4 is 49.7 Å². The van der Waals surface area contributed by atoms with Gasteiger partial charge in [-0.25, -0.2) is 0 Å². The molecule has 0 aliphatic carbocycles. The van der Waals surface area contributed by atoms with Crippen molar-refractivity contribution in [1.29, 1.82) is 0 Å². The summed E-state index contributed by atoms with van der Waals surface area (Å²) in [5.41, 5.74) is 2.20. The molecule has 0 bridgehead atoms. The van der Waals surface area contributed by atoms with E-state index in [1.165, 1.54) is 12.8 Å². The van der Waals surface area contributed by atoms with Gasteiger partial charge in [-0.15, -0.1) is 49.6 Å². The Morgan fingerprint density at radius 1 is 0.386 bits per heavy atom. The maximum Gasteiger partial charge on any atom is 0.203 e. The van der Waals surface area contributed by atoms with Crippen molar-refractivity contribution >= 4 is 49.6 Å². The van der Waals surface area contributed by atoms with E-state index in [0.717, 1.165) is 76.3 Å². The van der Waals surface area contributed by atoms with Crippen molar-refractivity contribution in [3.8, 4) is 34.5 Å². The number of methoxy groups -OCH3 is 6. The molecule has 2 aromatic rings. The Balaban J connectivity index is -0.00000420. The first-order valence-electron chi connectivity index (χ1n) is 14.0. The minimum Gasteiger partial charge on any atom is -0.493 e. The van der Waals surface area contributed by atoms with Gasteiger partial charge in [-0.05, 0) is 100 Å². The summed E-state index contributed by atoms with van der Waals surface area (Å²) in [7, 11) is 9.77. The molecule has 0 atom stereocenters. The zero-order valence-electron chi connectivity index (χ0n) is 26.9. The third kappa shape index (κ3) is 16.5. The number of halogens is 4. The third-order valence-corrected chi connectivity index (χ3v) is 6.48. The Morgan fingerprint density at radius 2 is 0.659 bits per heavy atom. The zero-order chi connectivity index (χ0) is 29.0. The Bertz CT molecular complexity index is 867. The van der Waals surface area contributed by atoms with Gasteiger partial charge in [0.15, 0.2) is 23.0 Å². The van der Waals surface area contributed by atoms with Crippen molar-refractivity contribution in [3.63, 3.8) is 0 Å². The second-order valence-corrected chi connectivity index (χ2v) is 9.33. The van der Waals surface area contributed by atoms with Crippen molar-refractivity contribution in [1.82, 2.24) is 21.3 Å². The predicted octanol–water partition coefficient (Wildman–Crippen LogP) is 5.04. The smallest absolute Gasteiger partial charge is 0.203 e. The van der Waals surface area contributed by atoms with Gasteiger partial charge in [0.2, 0.25) is 11.5 Å². The highest BCUT2D eigenvalue weighted by Crippen LogP contribution is 2.39. The Hall–Kier alpha value is -1.76. The van der Waals surface area contributed by atoms with Gasteiger partial charge in [0, 0.05) is 13.1 Å². The molecule has 0 spiro atoms. The number of hydrogen-bond acceptors (Lipinski definition) is 10. The summed E-state index contributed by atoms with van der Waals surface area (Å²) in [6.45, 7) is 7.50. The molecule has 0 saturated carbocycles. The summed E-state index contributed by atoms with van der Waals surface area (Å²) in [6, 6.07) is 7.92. The molecule has 2 aromatic carbocycles. The lowest BCUT2D eigenvalue weighted by atomic mass is 10.1. The molecule has 0 aliphatic rings. The van der Waals surface area contributed by atoms with Crippen LogP contribution in [0.25, 0.3) is 0 Å². The van der Waals surface area contributed by atoms with Gasteiger partial charge in [-0.1, -0.05) is 0 Å². The van der Waals surface area contributed by atoms with E-state index < -0.39 is 0 Å². The molecule has 0 fully saturated rings. The van der Waals surface area contributed by atoms with Crippen LogP contribution in [-0.4, -0.2) is 81.9 Å². The van der Waals surface area contributed by atoms with Gasteiger partial charge >= 0.3 is 0 Å². The van der Waals surface area contributed by atoms with Crippen LogP contribution in [0, 0.1) is 0 Å². The van der Waals surface area contributed by atoms with Gasteiger partial charge in [0.05, 0.1) is 42.7 Å². The SMILES string of the molecule is COc1cc(CNCCCNCCCCNCCCNCc2cc(OC)c(OC)c(OC)c2)cc(OC)c1OC.Cl.Cl.Cl.Cl. The minimum atomic E-state index is 0. The highest BCUT2D eigenvalue weighted by atomic mass is 35.5. The lowest BCUT2D eigenvalue weighted by Gasteiger charge is -2.14. The predicted molar refractivity (Wildman–Crippen MR) is 189 cm³/mol. The average Bonchev–Trinajstić information content (AvgIpc) is 2.99. The van der Waals surface area contributed by atoms with Gasteiger partial charge in [-0.3, -0.25) is 0 Å². The number of unbranched alkanes of at least 4 members (excludes halogenated alkanes) is 1. The van der Waals surface area contributed by atoms with E-state index in [0.29, 0.717) is 34.5 Å². The third-order valence-electron chi connectivity index (χ3n) is 6.48. The first-order valence-corrected chi connectivity index (χ1v) is 14.0. The van der Waals surface area contributed by atoms with Crippen LogP contribution >= 0.6 is 49.6 Å². The van der Waals surface area contributed by atoms with Gasteiger partial charge < -0.3 is 49.7 Å². The molecule has 10 nitrogen and oxygen atoms in total. The van der Waals surface area contributed by atoms with Gasteiger partial charge in [-0.2, -0.15) is 0 Å². The molecule has 0 aromatic heterocycles. The van der Waals surface area contributed by atoms with E-state index >= 15 is 0 Å². The first kappa shape index (κ1) is 46.7. The molecule has 0 radical (unpaired) electrons. The topological polar surface area (TPSA) is 104 Å². The quantitative estimate of drug-likeness (QED) is 0.118. The van der Waals surface area contributed by atoms with E-state index in [9.17, 15) is 0 Å². The van der Waals surface area contributed by atoms with Gasteiger partial charge in [0.1, 0.15) is 0 Å². The number of rotatable bonds is 23. The lowest BCUT2D eigenvalue weighted by Crippen LogP contribution is -2.24. The van der Waals surface area contributed by atoms with E-state index in [1.807, 2.05) is 24.3 Å². The van der Waals surface area contributed by atoms with Crippen LogP contribution in [0.3, 0.4) is 0 Å². The number of nitrogens with one attached hydrogen (secondary N) is 4. The van der Waals surface area contributed by atoms with E-state index in [-0.39, 0.29) is 49.6 Å². The second kappa shape index (κ2) is 28.7. The number of benzene rings is 2. The van der Waals surface area contributed by atoms with Crippen molar-refractivity contribution in [3.05, 3.63) is 35.4 Å². The maximum atomic E-state index is 5.42. The Morgan fingerprint density at radius 3 is 0.932 bits per heavy atom. The molecule has 44 heavy (non-hydrogen) atoms. The lowest BCUT2D eigenvalue weighted by molar-refractivity contribution is 0.323. The Labute approximate surface area is 289 Å². The van der Waals surface area contributed by atoms with Crippen LogP contribution in [0.1, 0.15) is 36.8 Å². The molecule has 258 valence electrons. The standard InChI is InChI=1S/C30H50N4O6.4ClH/c1-35-25-17-23(18-26(36-2)29(25)39-5)21-33-15-9-13-31-11-7-8-12-32-14-10-16-34-22-24-19-27(37-3)30(40-6)28(20-24)38-4;;;;/h17-20,31-34H,7-16,21-22H2,1-6H3;4*1H. The normalized spacial score (nSPS) is 9.86. The second-order valence-electron chi connectivity index (χ2n) is 9.33. The van der Waals surface area contributed by atoms with E-state index in [4.69, 9.17) is 28.4 Å². The van der Waals surface area contributed by atoms with Crippen LogP contribution in [-0.2, 0) is 13.1 Å². The number of hydrogen-bond donors (Lipinski definition) is 4.